The molecule has 4 heteroatoms. The van der Waals surface area contributed by atoms with Crippen LogP contribution in [0.4, 0.5) is 0 Å². The summed E-state index contributed by atoms with van der Waals surface area (Å²) in [5, 5.41) is 3.10. The van der Waals surface area contributed by atoms with Crippen molar-refractivity contribution in [1.29, 1.82) is 0 Å². The average molecular weight is 172 g/mol. The molecule has 0 aromatic carbocycles. The first-order valence-electron chi connectivity index (χ1n) is 4.23. The number of hydrogen-bond acceptors (Lipinski definition) is 3. The second kappa shape index (κ2) is 3.87. The fourth-order valence-electron chi connectivity index (χ4n) is 1.37. The molecule has 1 aliphatic heterocycles. The molecule has 4 nitrogen and oxygen atoms in total. The maximum Gasteiger partial charge on any atom is 0.231 e. The molecule has 1 aliphatic rings. The molecule has 0 aromatic heterocycles. The minimum absolute atomic E-state index is 0.0622. The summed E-state index contributed by atoms with van der Waals surface area (Å²) in [5.41, 5.74) is 4.96. The Bertz CT molecular complexity index is 164. The van der Waals surface area contributed by atoms with E-state index in [1.54, 1.807) is 0 Å². The largest absolute Gasteiger partial charge is 0.380 e. The maximum atomic E-state index is 10.5. The molecule has 1 rings (SSSR count). The SMILES string of the molecule is CC1(NCC(N)=O)CCCOC1. The van der Waals surface area contributed by atoms with Crippen LogP contribution in [-0.2, 0) is 9.53 Å². The molecular weight excluding hydrogens is 156 g/mol. The van der Waals surface area contributed by atoms with E-state index in [1.165, 1.54) is 0 Å². The van der Waals surface area contributed by atoms with Gasteiger partial charge >= 0.3 is 0 Å². The van der Waals surface area contributed by atoms with Gasteiger partial charge in [0.2, 0.25) is 5.91 Å². The standard InChI is InChI=1S/C8H16N2O2/c1-8(10-5-7(9)11)3-2-4-12-6-8/h10H,2-6H2,1H3,(H2,9,11). The summed E-state index contributed by atoms with van der Waals surface area (Å²) in [6, 6.07) is 0. The second-order valence-corrected chi connectivity index (χ2v) is 3.54. The van der Waals surface area contributed by atoms with E-state index in [-0.39, 0.29) is 18.0 Å². The van der Waals surface area contributed by atoms with Gasteiger partial charge in [-0.25, -0.2) is 0 Å². The molecule has 0 bridgehead atoms. The van der Waals surface area contributed by atoms with Gasteiger partial charge in [0.25, 0.3) is 0 Å². The lowest BCUT2D eigenvalue weighted by Crippen LogP contribution is -2.51. The summed E-state index contributed by atoms with van der Waals surface area (Å²) in [6.07, 6.45) is 2.09. The average Bonchev–Trinajstić information content (AvgIpc) is 2.03. The van der Waals surface area contributed by atoms with Crippen LogP contribution in [0, 0.1) is 0 Å². The number of nitrogens with one attached hydrogen (secondary N) is 1. The number of nitrogens with two attached hydrogens (primary N) is 1. The summed E-state index contributed by atoms with van der Waals surface area (Å²) in [6.45, 7) is 3.78. The first kappa shape index (κ1) is 9.48. The summed E-state index contributed by atoms with van der Waals surface area (Å²) < 4.78 is 5.30. The zero-order valence-electron chi connectivity index (χ0n) is 7.43. The van der Waals surface area contributed by atoms with Gasteiger partial charge < -0.3 is 15.8 Å². The summed E-state index contributed by atoms with van der Waals surface area (Å²) >= 11 is 0. The molecule has 0 saturated carbocycles. The van der Waals surface area contributed by atoms with Crippen molar-refractivity contribution in [2.24, 2.45) is 5.73 Å². The molecule has 1 amide bonds. The van der Waals surface area contributed by atoms with Crippen LogP contribution >= 0.6 is 0 Å². The number of primary amides is 1. The molecule has 0 aliphatic carbocycles. The van der Waals surface area contributed by atoms with Crippen LogP contribution in [0.3, 0.4) is 0 Å². The molecule has 0 aromatic rings. The van der Waals surface area contributed by atoms with Crippen LogP contribution in [0.25, 0.3) is 0 Å². The van der Waals surface area contributed by atoms with Gasteiger partial charge in [-0.3, -0.25) is 4.79 Å². The van der Waals surface area contributed by atoms with Gasteiger partial charge in [-0.15, -0.1) is 0 Å². The number of ether oxygens (including phenoxy) is 1. The molecule has 1 unspecified atom stereocenters. The highest BCUT2D eigenvalue weighted by atomic mass is 16.5. The fraction of sp³-hybridized carbons (Fsp3) is 0.875. The monoisotopic (exact) mass is 172 g/mol. The van der Waals surface area contributed by atoms with Crippen LogP contribution < -0.4 is 11.1 Å². The van der Waals surface area contributed by atoms with Crippen LogP contribution in [0.15, 0.2) is 0 Å². The van der Waals surface area contributed by atoms with Gasteiger partial charge in [0.1, 0.15) is 0 Å². The van der Waals surface area contributed by atoms with E-state index in [2.05, 4.69) is 12.2 Å². The molecule has 0 spiro atoms. The van der Waals surface area contributed by atoms with Crippen molar-refractivity contribution in [2.45, 2.75) is 25.3 Å². The minimum atomic E-state index is -0.318. The van der Waals surface area contributed by atoms with Crippen molar-refractivity contribution < 1.29 is 9.53 Å². The van der Waals surface area contributed by atoms with Crippen LogP contribution in [0.2, 0.25) is 0 Å². The first-order chi connectivity index (χ1) is 5.62. The minimum Gasteiger partial charge on any atom is -0.380 e. The lowest BCUT2D eigenvalue weighted by Gasteiger charge is -2.34. The third-order valence-electron chi connectivity index (χ3n) is 2.13. The van der Waals surface area contributed by atoms with E-state index >= 15 is 0 Å². The highest BCUT2D eigenvalue weighted by Crippen LogP contribution is 2.17. The summed E-state index contributed by atoms with van der Waals surface area (Å²) in [4.78, 5) is 10.5. The Hall–Kier alpha value is -0.610. The van der Waals surface area contributed by atoms with E-state index in [1.807, 2.05) is 0 Å². The summed E-state index contributed by atoms with van der Waals surface area (Å²) in [5.74, 6) is -0.318. The van der Waals surface area contributed by atoms with Crippen molar-refractivity contribution in [3.8, 4) is 0 Å². The van der Waals surface area contributed by atoms with E-state index in [0.717, 1.165) is 19.4 Å². The first-order valence-corrected chi connectivity index (χ1v) is 4.23. The maximum absolute atomic E-state index is 10.5. The Morgan fingerprint density at radius 2 is 2.50 bits per heavy atom. The Labute approximate surface area is 72.5 Å². The zero-order chi connectivity index (χ0) is 9.03. The van der Waals surface area contributed by atoms with Gasteiger partial charge in [0.05, 0.1) is 13.2 Å². The van der Waals surface area contributed by atoms with Crippen LogP contribution in [-0.4, -0.2) is 31.2 Å². The van der Waals surface area contributed by atoms with Crippen molar-refractivity contribution in [1.82, 2.24) is 5.32 Å². The Kier molecular flexibility index (Phi) is 3.05. The van der Waals surface area contributed by atoms with E-state index in [9.17, 15) is 4.79 Å². The van der Waals surface area contributed by atoms with Gasteiger partial charge in [-0.2, -0.15) is 0 Å². The molecule has 70 valence electrons. The van der Waals surface area contributed by atoms with Crippen molar-refractivity contribution >= 4 is 5.91 Å². The highest BCUT2D eigenvalue weighted by Gasteiger charge is 2.26. The molecule has 12 heavy (non-hydrogen) atoms. The number of carbonyl (C=O) groups excluding carboxylic acids is 1. The van der Waals surface area contributed by atoms with Crippen molar-refractivity contribution in [3.05, 3.63) is 0 Å². The zero-order valence-corrected chi connectivity index (χ0v) is 7.43. The molecule has 3 N–H and O–H groups in total. The topological polar surface area (TPSA) is 64.3 Å². The smallest absolute Gasteiger partial charge is 0.231 e. The van der Waals surface area contributed by atoms with E-state index < -0.39 is 0 Å². The third kappa shape index (κ3) is 2.79. The van der Waals surface area contributed by atoms with Gasteiger partial charge in [-0.1, -0.05) is 0 Å². The predicted molar refractivity (Wildman–Crippen MR) is 45.7 cm³/mol. The number of rotatable bonds is 3. The highest BCUT2D eigenvalue weighted by molar-refractivity contribution is 5.75. The van der Waals surface area contributed by atoms with Crippen molar-refractivity contribution in [3.63, 3.8) is 0 Å². The predicted octanol–water partition coefficient (Wildman–Crippen LogP) is -0.370. The molecule has 1 saturated heterocycles. The lowest BCUT2D eigenvalue weighted by molar-refractivity contribution is -0.117. The van der Waals surface area contributed by atoms with Crippen molar-refractivity contribution in [2.75, 3.05) is 19.8 Å². The Balaban J connectivity index is 2.31. The van der Waals surface area contributed by atoms with E-state index in [4.69, 9.17) is 10.5 Å². The number of carbonyl (C=O) groups is 1. The summed E-state index contributed by atoms with van der Waals surface area (Å²) in [7, 11) is 0. The normalized spacial score (nSPS) is 30.1. The number of hydrogen-bond donors (Lipinski definition) is 2. The van der Waals surface area contributed by atoms with Gasteiger partial charge in [0, 0.05) is 12.1 Å². The Morgan fingerprint density at radius 3 is 3.00 bits per heavy atom. The molecule has 1 heterocycles. The second-order valence-electron chi connectivity index (χ2n) is 3.54. The Morgan fingerprint density at radius 1 is 1.75 bits per heavy atom. The fourth-order valence-corrected chi connectivity index (χ4v) is 1.37. The lowest BCUT2D eigenvalue weighted by atomic mass is 9.95. The molecule has 0 radical (unpaired) electrons. The number of amides is 1. The van der Waals surface area contributed by atoms with Crippen LogP contribution in [0.1, 0.15) is 19.8 Å². The van der Waals surface area contributed by atoms with Crippen LogP contribution in [0.5, 0.6) is 0 Å². The molecule has 1 atom stereocenters. The van der Waals surface area contributed by atoms with Gasteiger partial charge in [-0.05, 0) is 19.8 Å². The quantitative estimate of drug-likeness (QED) is 0.610. The van der Waals surface area contributed by atoms with Gasteiger partial charge in [0.15, 0.2) is 0 Å². The third-order valence-corrected chi connectivity index (χ3v) is 2.13. The molecule has 1 fully saturated rings. The van der Waals surface area contributed by atoms with E-state index in [0.29, 0.717) is 6.61 Å². The molecular formula is C8H16N2O2.